The third-order valence-corrected chi connectivity index (χ3v) is 5.00. The van der Waals surface area contributed by atoms with E-state index < -0.39 is 0 Å². The molecule has 2 aliphatic heterocycles. The van der Waals surface area contributed by atoms with E-state index in [4.69, 9.17) is 0 Å². The van der Waals surface area contributed by atoms with Crippen molar-refractivity contribution in [1.82, 2.24) is 9.80 Å². The summed E-state index contributed by atoms with van der Waals surface area (Å²) in [6.45, 7) is 9.86. The zero-order chi connectivity index (χ0) is 18.5. The van der Waals surface area contributed by atoms with Gasteiger partial charge < -0.3 is 9.80 Å². The highest BCUT2D eigenvalue weighted by Gasteiger charge is 2.21. The Hall–Kier alpha value is -2.14. The van der Waals surface area contributed by atoms with Crippen LogP contribution in [0.4, 0.5) is 5.69 Å². The molecule has 2 heterocycles. The number of hydrogen-bond donors (Lipinski definition) is 0. The van der Waals surface area contributed by atoms with Crippen LogP contribution in [-0.4, -0.2) is 60.9 Å². The highest BCUT2D eigenvalue weighted by atomic mass is 16.2. The van der Waals surface area contributed by atoms with Crippen molar-refractivity contribution in [2.45, 2.75) is 26.7 Å². The van der Waals surface area contributed by atoms with Crippen LogP contribution in [0.25, 0.3) is 6.08 Å². The number of carbonyl (C=O) groups excluding carboxylic acids is 2. The lowest BCUT2D eigenvalue weighted by molar-refractivity contribution is -0.127. The topological polar surface area (TPSA) is 43.9 Å². The van der Waals surface area contributed by atoms with Gasteiger partial charge in [0.2, 0.25) is 11.8 Å². The smallest absolute Gasteiger partial charge is 0.246 e. The number of piperazine rings is 1. The maximum absolute atomic E-state index is 12.4. The molecule has 0 aliphatic carbocycles. The first-order chi connectivity index (χ1) is 12.5. The summed E-state index contributed by atoms with van der Waals surface area (Å²) in [6, 6.07) is 7.84. The van der Waals surface area contributed by atoms with E-state index >= 15 is 0 Å². The Balaban J connectivity index is 1.51. The molecule has 5 heteroatoms. The average Bonchev–Trinajstić information content (AvgIpc) is 3.06. The molecule has 1 aromatic carbocycles. The maximum Gasteiger partial charge on any atom is 0.246 e. The van der Waals surface area contributed by atoms with Crippen molar-refractivity contribution >= 4 is 23.6 Å². The normalized spacial score (nSPS) is 19.1. The van der Waals surface area contributed by atoms with Crippen molar-refractivity contribution in [3.05, 3.63) is 35.9 Å². The zero-order valence-corrected chi connectivity index (χ0v) is 15.9. The maximum atomic E-state index is 12.4. The Morgan fingerprint density at radius 1 is 1.08 bits per heavy atom. The molecular formula is C21H29N3O2. The first-order valence-electron chi connectivity index (χ1n) is 9.62. The molecule has 0 atom stereocenters. The third-order valence-electron chi connectivity index (χ3n) is 5.00. The monoisotopic (exact) mass is 355 g/mol. The third kappa shape index (κ3) is 4.73. The summed E-state index contributed by atoms with van der Waals surface area (Å²) in [5, 5.41) is 0. The molecule has 0 N–H and O–H groups in total. The summed E-state index contributed by atoms with van der Waals surface area (Å²) in [6.07, 6.45) is 5.09. The van der Waals surface area contributed by atoms with Gasteiger partial charge in [0.25, 0.3) is 0 Å². The predicted octanol–water partition coefficient (Wildman–Crippen LogP) is 2.63. The second kappa shape index (κ2) is 8.49. The predicted molar refractivity (Wildman–Crippen MR) is 105 cm³/mol. The molecule has 0 unspecified atom stereocenters. The molecule has 2 aliphatic rings. The van der Waals surface area contributed by atoms with Gasteiger partial charge in [-0.3, -0.25) is 14.5 Å². The van der Waals surface area contributed by atoms with Crippen LogP contribution in [0.1, 0.15) is 32.3 Å². The molecule has 2 saturated heterocycles. The summed E-state index contributed by atoms with van der Waals surface area (Å²) in [5.41, 5.74) is 1.92. The molecule has 26 heavy (non-hydrogen) atoms. The first-order valence-corrected chi connectivity index (χ1v) is 9.62. The van der Waals surface area contributed by atoms with E-state index in [1.54, 1.807) is 6.08 Å². The summed E-state index contributed by atoms with van der Waals surface area (Å²) in [7, 11) is 0. The van der Waals surface area contributed by atoms with Gasteiger partial charge in [0.15, 0.2) is 0 Å². The van der Waals surface area contributed by atoms with Crippen molar-refractivity contribution in [2.75, 3.05) is 44.2 Å². The lowest BCUT2D eigenvalue weighted by atomic mass is 10.1. The molecule has 0 saturated carbocycles. The van der Waals surface area contributed by atoms with Gasteiger partial charge in [-0.15, -0.1) is 0 Å². The van der Waals surface area contributed by atoms with E-state index in [1.807, 2.05) is 40.1 Å². The van der Waals surface area contributed by atoms with Crippen LogP contribution in [0.5, 0.6) is 0 Å². The van der Waals surface area contributed by atoms with E-state index in [1.165, 1.54) is 0 Å². The average molecular weight is 355 g/mol. The highest BCUT2D eigenvalue weighted by Crippen LogP contribution is 2.22. The second-order valence-electron chi connectivity index (χ2n) is 7.59. The van der Waals surface area contributed by atoms with Gasteiger partial charge in [-0.2, -0.15) is 0 Å². The van der Waals surface area contributed by atoms with Gasteiger partial charge >= 0.3 is 0 Å². The Morgan fingerprint density at radius 2 is 1.77 bits per heavy atom. The Bertz CT molecular complexity index is 658. The van der Waals surface area contributed by atoms with Crippen LogP contribution < -0.4 is 4.90 Å². The van der Waals surface area contributed by atoms with Crippen LogP contribution in [0, 0.1) is 5.92 Å². The van der Waals surface area contributed by atoms with Crippen LogP contribution in [0.2, 0.25) is 0 Å². The minimum absolute atomic E-state index is 0.0768. The lowest BCUT2D eigenvalue weighted by Gasteiger charge is -2.35. The molecule has 3 rings (SSSR count). The molecule has 0 radical (unpaired) electrons. The quantitative estimate of drug-likeness (QED) is 0.763. The summed E-state index contributed by atoms with van der Waals surface area (Å²) >= 11 is 0. The van der Waals surface area contributed by atoms with Crippen molar-refractivity contribution < 1.29 is 9.59 Å². The van der Waals surface area contributed by atoms with Gasteiger partial charge in [-0.1, -0.05) is 26.0 Å². The van der Waals surface area contributed by atoms with E-state index in [0.717, 1.165) is 56.9 Å². The number of benzene rings is 1. The van der Waals surface area contributed by atoms with Crippen molar-refractivity contribution in [1.29, 1.82) is 0 Å². The number of anilines is 1. The fourth-order valence-electron chi connectivity index (χ4n) is 3.63. The molecule has 1 aromatic rings. The molecule has 2 fully saturated rings. The van der Waals surface area contributed by atoms with Gasteiger partial charge in [-0.05, 0) is 36.1 Å². The first kappa shape index (κ1) is 18.6. The Morgan fingerprint density at radius 3 is 2.35 bits per heavy atom. The molecule has 5 nitrogen and oxygen atoms in total. The highest BCUT2D eigenvalue weighted by molar-refractivity contribution is 5.95. The number of carbonyl (C=O) groups is 2. The van der Waals surface area contributed by atoms with E-state index in [2.05, 4.69) is 18.7 Å². The van der Waals surface area contributed by atoms with E-state index in [0.29, 0.717) is 12.3 Å². The van der Waals surface area contributed by atoms with Crippen molar-refractivity contribution in [3.8, 4) is 0 Å². The van der Waals surface area contributed by atoms with Crippen LogP contribution in [0.3, 0.4) is 0 Å². The molecule has 0 spiro atoms. The second-order valence-corrected chi connectivity index (χ2v) is 7.59. The molecule has 2 amide bonds. The number of hydrogen-bond acceptors (Lipinski definition) is 3. The lowest BCUT2D eigenvalue weighted by Crippen LogP contribution is -2.49. The van der Waals surface area contributed by atoms with Gasteiger partial charge in [-0.25, -0.2) is 0 Å². The largest absolute Gasteiger partial charge is 0.337 e. The molecule has 140 valence electrons. The standard InChI is InChI=1S/C21H29N3O2/c1-17(2)16-22-12-14-23(15-13-22)20(25)10-7-18-5-8-19(9-6-18)24-11-3-4-21(24)26/h5-10,17H,3-4,11-16H2,1-2H3/b10-7+. The number of nitrogens with zero attached hydrogens (tertiary/aromatic N) is 3. The summed E-state index contributed by atoms with van der Waals surface area (Å²) in [4.78, 5) is 30.4. The molecule has 0 aromatic heterocycles. The molecule has 0 bridgehead atoms. The van der Waals surface area contributed by atoms with Crippen LogP contribution in [-0.2, 0) is 9.59 Å². The Labute approximate surface area is 156 Å². The zero-order valence-electron chi connectivity index (χ0n) is 15.9. The number of amides is 2. The molecular weight excluding hydrogens is 326 g/mol. The number of rotatable bonds is 5. The van der Waals surface area contributed by atoms with E-state index in [9.17, 15) is 9.59 Å². The van der Waals surface area contributed by atoms with Crippen LogP contribution >= 0.6 is 0 Å². The minimum Gasteiger partial charge on any atom is -0.337 e. The minimum atomic E-state index is 0.0768. The fraction of sp³-hybridized carbons (Fsp3) is 0.524. The van der Waals surface area contributed by atoms with E-state index in [-0.39, 0.29) is 11.8 Å². The SMILES string of the molecule is CC(C)CN1CCN(C(=O)/C=C/c2ccc(N3CCCC3=O)cc2)CC1. The van der Waals surface area contributed by atoms with Crippen LogP contribution in [0.15, 0.2) is 30.3 Å². The van der Waals surface area contributed by atoms with Crippen molar-refractivity contribution in [2.24, 2.45) is 5.92 Å². The van der Waals surface area contributed by atoms with Gasteiger partial charge in [0, 0.05) is 57.5 Å². The summed E-state index contributed by atoms with van der Waals surface area (Å²) < 4.78 is 0. The van der Waals surface area contributed by atoms with Crippen molar-refractivity contribution in [3.63, 3.8) is 0 Å². The summed E-state index contributed by atoms with van der Waals surface area (Å²) in [5.74, 6) is 0.934. The Kier molecular flexibility index (Phi) is 6.09. The van der Waals surface area contributed by atoms with Gasteiger partial charge in [0.1, 0.15) is 0 Å². The van der Waals surface area contributed by atoms with Gasteiger partial charge in [0.05, 0.1) is 0 Å². The fourth-order valence-corrected chi connectivity index (χ4v) is 3.63.